The summed E-state index contributed by atoms with van der Waals surface area (Å²) in [6.45, 7) is 3.50. The zero-order valence-electron chi connectivity index (χ0n) is 15.4. The second-order valence-corrected chi connectivity index (χ2v) is 8.84. The molecule has 0 saturated carbocycles. The van der Waals surface area contributed by atoms with Crippen LogP contribution in [-0.4, -0.2) is 62.8 Å². The van der Waals surface area contributed by atoms with Gasteiger partial charge in [0.25, 0.3) is 0 Å². The third-order valence-electron chi connectivity index (χ3n) is 4.43. The molecule has 0 aliphatic carbocycles. The molecule has 2 rings (SSSR count). The van der Waals surface area contributed by atoms with Gasteiger partial charge in [-0.2, -0.15) is 17.5 Å². The van der Waals surface area contributed by atoms with Crippen LogP contribution in [0.3, 0.4) is 0 Å². The minimum atomic E-state index is -4.67. The lowest BCUT2D eigenvalue weighted by molar-refractivity contribution is -0.137. The topological polar surface area (TPSA) is 69.7 Å². The van der Waals surface area contributed by atoms with Gasteiger partial charge in [0, 0.05) is 32.7 Å². The van der Waals surface area contributed by atoms with Gasteiger partial charge in [-0.1, -0.05) is 24.9 Å². The van der Waals surface area contributed by atoms with E-state index in [0.29, 0.717) is 25.7 Å². The average Bonchev–Trinajstić information content (AvgIpc) is 2.61. The Bertz CT molecular complexity index is 795. The number of unbranched alkanes of at least 4 members (excludes halogenated alkanes) is 1. The molecule has 1 fully saturated rings. The van der Waals surface area contributed by atoms with Crippen molar-refractivity contribution >= 4 is 27.5 Å². The van der Waals surface area contributed by atoms with Gasteiger partial charge in [-0.3, -0.25) is 9.69 Å². The van der Waals surface area contributed by atoms with E-state index < -0.39 is 26.7 Å². The number of hydrogen-bond acceptors (Lipinski definition) is 4. The molecule has 0 bridgehead atoms. The fourth-order valence-electron chi connectivity index (χ4n) is 2.81. The summed E-state index contributed by atoms with van der Waals surface area (Å²) in [5.41, 5.74) is -1.07. The number of hydrogen-bond donors (Lipinski definition) is 1. The van der Waals surface area contributed by atoms with Crippen molar-refractivity contribution in [3.05, 3.63) is 28.8 Å². The molecule has 11 heteroatoms. The van der Waals surface area contributed by atoms with Gasteiger partial charge < -0.3 is 5.32 Å². The fraction of sp³-hybridized carbons (Fsp3) is 0.588. The molecule has 0 unspecified atom stereocenters. The zero-order chi connectivity index (χ0) is 20.9. The summed E-state index contributed by atoms with van der Waals surface area (Å²) in [6.07, 6.45) is -2.82. The van der Waals surface area contributed by atoms with Crippen molar-refractivity contribution in [2.75, 3.05) is 39.3 Å². The Kier molecular flexibility index (Phi) is 7.72. The van der Waals surface area contributed by atoms with E-state index in [0.717, 1.165) is 29.3 Å². The Morgan fingerprint density at radius 1 is 1.21 bits per heavy atom. The largest absolute Gasteiger partial charge is 0.416 e. The van der Waals surface area contributed by atoms with Crippen LogP contribution >= 0.6 is 11.6 Å². The predicted molar refractivity (Wildman–Crippen MR) is 99.6 cm³/mol. The molecule has 0 radical (unpaired) electrons. The maximum Gasteiger partial charge on any atom is 0.416 e. The van der Waals surface area contributed by atoms with Crippen molar-refractivity contribution in [2.45, 2.75) is 30.8 Å². The lowest BCUT2D eigenvalue weighted by atomic mass is 10.2. The standard InChI is InChI=1S/C17H23ClF3N3O3S/c1-2-3-6-22-16(25)12-23-7-9-24(10-8-23)28(26,27)15-11-13(17(19,20)21)4-5-14(15)18/h4-5,11H,2-3,6-10,12H2,1H3,(H,22,25). The lowest BCUT2D eigenvalue weighted by Gasteiger charge is -2.33. The minimum absolute atomic E-state index is 0.0666. The van der Waals surface area contributed by atoms with E-state index >= 15 is 0 Å². The summed E-state index contributed by atoms with van der Waals surface area (Å²) >= 11 is 5.87. The molecule has 1 aliphatic heterocycles. The highest BCUT2D eigenvalue weighted by Crippen LogP contribution is 2.34. The first kappa shape index (κ1) is 22.9. The highest BCUT2D eigenvalue weighted by molar-refractivity contribution is 7.89. The predicted octanol–water partition coefficient (Wildman–Crippen LogP) is 2.58. The molecule has 1 heterocycles. The third-order valence-corrected chi connectivity index (χ3v) is 6.81. The monoisotopic (exact) mass is 441 g/mol. The second-order valence-electron chi connectivity index (χ2n) is 6.53. The van der Waals surface area contributed by atoms with Crippen LogP contribution in [-0.2, 0) is 21.0 Å². The van der Waals surface area contributed by atoms with Gasteiger partial charge in [0.15, 0.2) is 0 Å². The van der Waals surface area contributed by atoms with E-state index in [4.69, 9.17) is 11.6 Å². The van der Waals surface area contributed by atoms with Gasteiger partial charge in [-0.25, -0.2) is 8.42 Å². The van der Waals surface area contributed by atoms with E-state index in [-0.39, 0.29) is 30.6 Å². The molecule has 1 aliphatic rings. The first-order valence-corrected chi connectivity index (χ1v) is 10.7. The number of nitrogens with one attached hydrogen (secondary N) is 1. The molecule has 158 valence electrons. The van der Waals surface area contributed by atoms with E-state index in [9.17, 15) is 26.4 Å². The quantitative estimate of drug-likeness (QED) is 0.660. The van der Waals surface area contributed by atoms with Crippen LogP contribution < -0.4 is 5.32 Å². The molecule has 28 heavy (non-hydrogen) atoms. The SMILES string of the molecule is CCCCNC(=O)CN1CCN(S(=O)(=O)c2cc(C(F)(F)F)ccc2Cl)CC1. The van der Waals surface area contributed by atoms with Gasteiger partial charge in [-0.15, -0.1) is 0 Å². The number of piperazine rings is 1. The molecular formula is C17H23ClF3N3O3S. The number of rotatable bonds is 7. The fourth-order valence-corrected chi connectivity index (χ4v) is 4.73. The zero-order valence-corrected chi connectivity index (χ0v) is 17.0. The Labute approximate surface area is 167 Å². The number of benzene rings is 1. The first-order valence-electron chi connectivity index (χ1n) is 8.91. The summed E-state index contributed by atoms with van der Waals surface area (Å²) in [5.74, 6) is -0.134. The summed E-state index contributed by atoms with van der Waals surface area (Å²) < 4.78 is 65.4. The number of nitrogens with zero attached hydrogens (tertiary/aromatic N) is 2. The second kappa shape index (κ2) is 9.43. The normalized spacial score (nSPS) is 16.9. The van der Waals surface area contributed by atoms with Crippen LogP contribution in [0.4, 0.5) is 13.2 Å². The van der Waals surface area contributed by atoms with Crippen molar-refractivity contribution in [1.82, 2.24) is 14.5 Å². The van der Waals surface area contributed by atoms with E-state index in [1.165, 1.54) is 0 Å². The van der Waals surface area contributed by atoms with Crippen LogP contribution in [0.5, 0.6) is 0 Å². The van der Waals surface area contributed by atoms with Gasteiger partial charge in [0.2, 0.25) is 15.9 Å². The number of carbonyl (C=O) groups excluding carboxylic acids is 1. The highest BCUT2D eigenvalue weighted by Gasteiger charge is 2.35. The maximum atomic E-state index is 12.9. The van der Waals surface area contributed by atoms with Gasteiger partial charge in [0.1, 0.15) is 4.90 Å². The van der Waals surface area contributed by atoms with Gasteiger partial charge >= 0.3 is 6.18 Å². The number of sulfonamides is 1. The molecule has 0 spiro atoms. The van der Waals surface area contributed by atoms with Crippen molar-refractivity contribution < 1.29 is 26.4 Å². The number of alkyl halides is 3. The Morgan fingerprint density at radius 3 is 2.43 bits per heavy atom. The summed E-state index contributed by atoms with van der Waals surface area (Å²) in [6, 6.07) is 2.25. The minimum Gasteiger partial charge on any atom is -0.355 e. The molecule has 1 amide bonds. The van der Waals surface area contributed by atoms with E-state index in [1.807, 2.05) is 6.92 Å². The summed E-state index contributed by atoms with van der Waals surface area (Å²) in [5, 5.41) is 2.53. The molecule has 1 N–H and O–H groups in total. The van der Waals surface area contributed by atoms with Crippen molar-refractivity contribution in [3.63, 3.8) is 0 Å². The Balaban J connectivity index is 2.03. The Morgan fingerprint density at radius 2 is 1.86 bits per heavy atom. The summed E-state index contributed by atoms with van der Waals surface area (Å²) in [7, 11) is -4.17. The number of halogens is 4. The molecule has 1 aromatic rings. The van der Waals surface area contributed by atoms with Crippen molar-refractivity contribution in [3.8, 4) is 0 Å². The molecule has 6 nitrogen and oxygen atoms in total. The summed E-state index contributed by atoms with van der Waals surface area (Å²) in [4.78, 5) is 13.1. The van der Waals surface area contributed by atoms with Gasteiger partial charge in [0.05, 0.1) is 17.1 Å². The molecule has 0 aromatic heterocycles. The van der Waals surface area contributed by atoms with E-state index in [2.05, 4.69) is 5.32 Å². The maximum absolute atomic E-state index is 12.9. The smallest absolute Gasteiger partial charge is 0.355 e. The van der Waals surface area contributed by atoms with Crippen molar-refractivity contribution in [1.29, 1.82) is 0 Å². The van der Waals surface area contributed by atoms with Crippen LogP contribution in [0.25, 0.3) is 0 Å². The number of carbonyl (C=O) groups is 1. The van der Waals surface area contributed by atoms with Gasteiger partial charge in [-0.05, 0) is 24.6 Å². The molecule has 0 atom stereocenters. The molecule has 1 aromatic carbocycles. The Hall–Kier alpha value is -1.36. The molecular weight excluding hydrogens is 419 g/mol. The highest BCUT2D eigenvalue weighted by atomic mass is 35.5. The van der Waals surface area contributed by atoms with Crippen LogP contribution in [0, 0.1) is 0 Å². The van der Waals surface area contributed by atoms with Crippen LogP contribution in [0.2, 0.25) is 5.02 Å². The van der Waals surface area contributed by atoms with Crippen LogP contribution in [0.1, 0.15) is 25.3 Å². The molecule has 1 saturated heterocycles. The van der Waals surface area contributed by atoms with E-state index in [1.54, 1.807) is 4.90 Å². The first-order chi connectivity index (χ1) is 13.1. The lowest BCUT2D eigenvalue weighted by Crippen LogP contribution is -2.51. The third kappa shape index (κ3) is 5.82. The number of amides is 1. The van der Waals surface area contributed by atoms with Crippen molar-refractivity contribution in [2.24, 2.45) is 0 Å². The average molecular weight is 442 g/mol. The van der Waals surface area contributed by atoms with Crippen LogP contribution in [0.15, 0.2) is 23.1 Å².